The summed E-state index contributed by atoms with van der Waals surface area (Å²) in [6, 6.07) is 10.3. The monoisotopic (exact) mass is 323 g/mol. The van der Waals surface area contributed by atoms with E-state index in [9.17, 15) is 4.79 Å². The van der Waals surface area contributed by atoms with Gasteiger partial charge in [0, 0.05) is 6.04 Å². The highest BCUT2D eigenvalue weighted by Gasteiger charge is 2.36. The average Bonchev–Trinajstić information content (AvgIpc) is 2.91. The van der Waals surface area contributed by atoms with Crippen molar-refractivity contribution < 1.29 is 4.79 Å². The first-order chi connectivity index (χ1) is 11.6. The fourth-order valence-corrected chi connectivity index (χ4v) is 4.59. The second-order valence-corrected chi connectivity index (χ2v) is 7.39. The van der Waals surface area contributed by atoms with Gasteiger partial charge in [0.05, 0.1) is 22.6 Å². The SMILES string of the molecule is Cc1nn(-c2ccccc2)c(C)c1C(=O)NC1CC2CCC1CC2. The summed E-state index contributed by atoms with van der Waals surface area (Å²) in [6.45, 7) is 3.91. The van der Waals surface area contributed by atoms with Gasteiger partial charge in [-0.25, -0.2) is 4.68 Å². The summed E-state index contributed by atoms with van der Waals surface area (Å²) in [6.07, 6.45) is 6.40. The van der Waals surface area contributed by atoms with Gasteiger partial charge in [0.2, 0.25) is 0 Å². The fraction of sp³-hybridized carbons (Fsp3) is 0.500. The van der Waals surface area contributed by atoms with Gasteiger partial charge >= 0.3 is 0 Å². The molecule has 4 heteroatoms. The van der Waals surface area contributed by atoms with Crippen molar-refractivity contribution in [3.05, 3.63) is 47.3 Å². The number of benzene rings is 1. The third-order valence-corrected chi connectivity index (χ3v) is 5.88. The molecule has 0 radical (unpaired) electrons. The Morgan fingerprint density at radius 1 is 1.12 bits per heavy atom. The van der Waals surface area contributed by atoms with Crippen LogP contribution >= 0.6 is 0 Å². The van der Waals surface area contributed by atoms with E-state index >= 15 is 0 Å². The summed E-state index contributed by atoms with van der Waals surface area (Å²) in [4.78, 5) is 12.9. The Morgan fingerprint density at radius 3 is 2.46 bits per heavy atom. The Hall–Kier alpha value is -2.10. The maximum atomic E-state index is 12.9. The molecule has 3 aliphatic rings. The van der Waals surface area contributed by atoms with Crippen LogP contribution in [0.1, 0.15) is 53.8 Å². The zero-order chi connectivity index (χ0) is 16.7. The summed E-state index contributed by atoms with van der Waals surface area (Å²) >= 11 is 0. The first kappa shape index (κ1) is 15.4. The van der Waals surface area contributed by atoms with E-state index in [0.717, 1.165) is 35.0 Å². The van der Waals surface area contributed by atoms with Crippen LogP contribution in [0.25, 0.3) is 5.69 Å². The van der Waals surface area contributed by atoms with E-state index in [0.29, 0.717) is 12.0 Å². The molecule has 3 aliphatic carbocycles. The maximum absolute atomic E-state index is 12.9. The summed E-state index contributed by atoms with van der Waals surface area (Å²) in [5.41, 5.74) is 3.45. The van der Waals surface area contributed by atoms with Crippen LogP contribution in [0.3, 0.4) is 0 Å². The molecule has 1 aromatic carbocycles. The van der Waals surface area contributed by atoms with E-state index in [2.05, 4.69) is 10.4 Å². The third kappa shape index (κ3) is 2.64. The normalized spacial score (nSPS) is 25.7. The van der Waals surface area contributed by atoms with Crippen molar-refractivity contribution in [3.8, 4) is 5.69 Å². The van der Waals surface area contributed by atoms with Crippen LogP contribution in [0.4, 0.5) is 0 Å². The molecule has 126 valence electrons. The van der Waals surface area contributed by atoms with Gasteiger partial charge in [-0.15, -0.1) is 0 Å². The van der Waals surface area contributed by atoms with Crippen LogP contribution in [-0.2, 0) is 0 Å². The molecule has 4 nitrogen and oxygen atoms in total. The van der Waals surface area contributed by atoms with E-state index in [-0.39, 0.29) is 5.91 Å². The average molecular weight is 323 g/mol. The first-order valence-corrected chi connectivity index (χ1v) is 9.06. The van der Waals surface area contributed by atoms with Crippen LogP contribution in [0.2, 0.25) is 0 Å². The molecule has 2 bridgehead atoms. The number of hydrogen-bond acceptors (Lipinski definition) is 2. The number of aryl methyl sites for hydroxylation is 1. The number of hydrogen-bond donors (Lipinski definition) is 1. The molecule has 1 amide bonds. The van der Waals surface area contributed by atoms with Gasteiger partial charge in [0.1, 0.15) is 0 Å². The molecule has 2 aromatic rings. The molecule has 1 N–H and O–H groups in total. The summed E-state index contributed by atoms with van der Waals surface area (Å²) in [7, 11) is 0. The number of para-hydroxylation sites is 1. The minimum atomic E-state index is 0.0460. The summed E-state index contributed by atoms with van der Waals surface area (Å²) in [5.74, 6) is 1.53. The van der Waals surface area contributed by atoms with Crippen LogP contribution < -0.4 is 5.32 Å². The van der Waals surface area contributed by atoms with Crippen LogP contribution in [0, 0.1) is 25.7 Å². The highest BCUT2D eigenvalue weighted by Crippen LogP contribution is 2.41. The molecule has 3 fully saturated rings. The third-order valence-electron chi connectivity index (χ3n) is 5.88. The Bertz CT molecular complexity index is 742. The van der Waals surface area contributed by atoms with Crippen LogP contribution in [0.5, 0.6) is 0 Å². The van der Waals surface area contributed by atoms with Crippen LogP contribution in [0.15, 0.2) is 30.3 Å². The molecule has 3 saturated carbocycles. The number of nitrogens with one attached hydrogen (secondary N) is 1. The Morgan fingerprint density at radius 2 is 1.83 bits per heavy atom. The van der Waals surface area contributed by atoms with E-state index in [4.69, 9.17) is 0 Å². The number of rotatable bonds is 3. The first-order valence-electron chi connectivity index (χ1n) is 9.06. The molecule has 24 heavy (non-hydrogen) atoms. The number of fused-ring (bicyclic) bond motifs is 3. The van der Waals surface area contributed by atoms with Crippen molar-refractivity contribution in [2.45, 2.75) is 52.0 Å². The number of carbonyl (C=O) groups excluding carboxylic acids is 1. The van der Waals surface area contributed by atoms with Crippen molar-refractivity contribution in [1.29, 1.82) is 0 Å². The van der Waals surface area contributed by atoms with Gasteiger partial charge in [0.25, 0.3) is 5.91 Å². The highest BCUT2D eigenvalue weighted by molar-refractivity contribution is 5.96. The van der Waals surface area contributed by atoms with Gasteiger partial charge in [-0.2, -0.15) is 5.10 Å². The van der Waals surface area contributed by atoms with Gasteiger partial charge in [-0.3, -0.25) is 4.79 Å². The molecule has 0 saturated heterocycles. The zero-order valence-corrected chi connectivity index (χ0v) is 14.5. The molecule has 5 rings (SSSR count). The summed E-state index contributed by atoms with van der Waals surface area (Å²) < 4.78 is 1.87. The fourth-order valence-electron chi connectivity index (χ4n) is 4.59. The van der Waals surface area contributed by atoms with Crippen LogP contribution in [-0.4, -0.2) is 21.7 Å². The Kier molecular flexibility index (Phi) is 3.91. The largest absolute Gasteiger partial charge is 0.349 e. The minimum absolute atomic E-state index is 0.0460. The smallest absolute Gasteiger partial charge is 0.255 e. The lowest BCUT2D eigenvalue weighted by Crippen LogP contribution is -2.47. The molecule has 0 aliphatic heterocycles. The Balaban J connectivity index is 1.58. The number of carbonyl (C=O) groups is 1. The van der Waals surface area contributed by atoms with Crippen molar-refractivity contribution >= 4 is 5.91 Å². The van der Waals surface area contributed by atoms with E-state index in [1.165, 1.54) is 25.7 Å². The quantitative estimate of drug-likeness (QED) is 0.934. The number of aromatic nitrogens is 2. The van der Waals surface area contributed by atoms with E-state index in [1.807, 2.05) is 48.9 Å². The minimum Gasteiger partial charge on any atom is -0.349 e. The van der Waals surface area contributed by atoms with Crippen molar-refractivity contribution in [3.63, 3.8) is 0 Å². The lowest BCUT2D eigenvalue weighted by atomic mass is 9.68. The molecular weight excluding hydrogens is 298 g/mol. The predicted molar refractivity (Wildman–Crippen MR) is 94.4 cm³/mol. The standard InChI is InChI=1S/C20H25N3O/c1-13-19(14(2)23(22-13)17-6-4-3-5-7-17)20(24)21-18-12-15-8-10-16(18)11-9-15/h3-7,15-16,18H,8-12H2,1-2H3,(H,21,24). The number of amides is 1. The Labute approximate surface area is 143 Å². The lowest BCUT2D eigenvalue weighted by Gasteiger charge is -2.42. The van der Waals surface area contributed by atoms with Gasteiger partial charge in [-0.1, -0.05) is 31.0 Å². The van der Waals surface area contributed by atoms with E-state index in [1.54, 1.807) is 0 Å². The molecule has 1 aromatic heterocycles. The predicted octanol–water partition coefficient (Wildman–Crippen LogP) is 3.80. The number of nitrogens with zero attached hydrogens (tertiary/aromatic N) is 2. The summed E-state index contributed by atoms with van der Waals surface area (Å²) in [5, 5.41) is 7.92. The molecule has 0 spiro atoms. The van der Waals surface area contributed by atoms with Crippen molar-refractivity contribution in [2.75, 3.05) is 0 Å². The second-order valence-electron chi connectivity index (χ2n) is 7.39. The molecule has 1 unspecified atom stereocenters. The topological polar surface area (TPSA) is 46.9 Å². The molecule has 1 heterocycles. The van der Waals surface area contributed by atoms with Gasteiger partial charge in [-0.05, 0) is 57.1 Å². The maximum Gasteiger partial charge on any atom is 0.255 e. The van der Waals surface area contributed by atoms with Crippen molar-refractivity contribution in [1.82, 2.24) is 15.1 Å². The molecular formula is C20H25N3O. The second kappa shape index (κ2) is 6.08. The van der Waals surface area contributed by atoms with E-state index < -0.39 is 0 Å². The zero-order valence-electron chi connectivity index (χ0n) is 14.5. The lowest BCUT2D eigenvalue weighted by molar-refractivity contribution is 0.0809. The molecule has 1 atom stereocenters. The van der Waals surface area contributed by atoms with Gasteiger partial charge in [0.15, 0.2) is 0 Å². The van der Waals surface area contributed by atoms with Crippen molar-refractivity contribution in [2.24, 2.45) is 11.8 Å². The van der Waals surface area contributed by atoms with Gasteiger partial charge < -0.3 is 5.32 Å². The highest BCUT2D eigenvalue weighted by atomic mass is 16.1.